The second-order valence-corrected chi connectivity index (χ2v) is 5.38. The minimum atomic E-state index is 0.380. The number of allylic oxidation sites excluding steroid dienone is 12. The average molecular weight is 292 g/mol. The SMILES string of the molecule is C=C/C=C\C1=C(/C=C\CC)C(C)C(C(C)=C=CC)=C1/C=C\C. The van der Waals surface area contributed by atoms with Crippen LogP contribution >= 0.6 is 0 Å². The summed E-state index contributed by atoms with van der Waals surface area (Å²) in [6.07, 6.45) is 17.9. The average Bonchev–Trinajstić information content (AvgIpc) is 2.75. The van der Waals surface area contributed by atoms with Crippen molar-refractivity contribution < 1.29 is 0 Å². The first-order chi connectivity index (χ1) is 10.6. The number of hydrogen-bond donors (Lipinski definition) is 0. The molecule has 0 saturated heterocycles. The third kappa shape index (κ3) is 4.00. The van der Waals surface area contributed by atoms with Crippen LogP contribution in [0.2, 0.25) is 0 Å². The van der Waals surface area contributed by atoms with Gasteiger partial charge in [0, 0.05) is 5.92 Å². The van der Waals surface area contributed by atoms with Crippen molar-refractivity contribution in [3.63, 3.8) is 0 Å². The van der Waals surface area contributed by atoms with Crippen molar-refractivity contribution in [2.75, 3.05) is 0 Å². The van der Waals surface area contributed by atoms with Gasteiger partial charge in [-0.25, -0.2) is 0 Å². The smallest absolute Gasteiger partial charge is 0.00819 e. The van der Waals surface area contributed by atoms with E-state index in [0.717, 1.165) is 6.42 Å². The van der Waals surface area contributed by atoms with Crippen LogP contribution in [0.15, 0.2) is 88.8 Å². The van der Waals surface area contributed by atoms with E-state index in [4.69, 9.17) is 0 Å². The van der Waals surface area contributed by atoms with Crippen molar-refractivity contribution in [1.82, 2.24) is 0 Å². The molecule has 1 aliphatic rings. The van der Waals surface area contributed by atoms with Gasteiger partial charge in [0.1, 0.15) is 0 Å². The summed E-state index contributed by atoms with van der Waals surface area (Å²) in [5.74, 6) is 0.380. The van der Waals surface area contributed by atoms with Gasteiger partial charge >= 0.3 is 0 Å². The van der Waals surface area contributed by atoms with Crippen LogP contribution in [0.5, 0.6) is 0 Å². The van der Waals surface area contributed by atoms with Crippen LogP contribution in [0.25, 0.3) is 0 Å². The summed E-state index contributed by atoms with van der Waals surface area (Å²) in [4.78, 5) is 0. The number of hydrogen-bond acceptors (Lipinski definition) is 0. The zero-order chi connectivity index (χ0) is 16.5. The molecule has 0 aromatic heterocycles. The molecule has 0 heterocycles. The molecular formula is C22H28. The van der Waals surface area contributed by atoms with Crippen molar-refractivity contribution >= 4 is 0 Å². The predicted molar refractivity (Wildman–Crippen MR) is 99.7 cm³/mol. The summed E-state index contributed by atoms with van der Waals surface area (Å²) in [5, 5.41) is 0. The Balaban J connectivity index is 3.60. The lowest BCUT2D eigenvalue weighted by atomic mass is 9.91. The summed E-state index contributed by atoms with van der Waals surface area (Å²) in [6, 6.07) is 0. The third-order valence-corrected chi connectivity index (χ3v) is 3.82. The summed E-state index contributed by atoms with van der Waals surface area (Å²) in [5.41, 5.74) is 9.92. The molecule has 1 rings (SSSR count). The first-order valence-electron chi connectivity index (χ1n) is 8.07. The quantitative estimate of drug-likeness (QED) is 0.380. The highest BCUT2D eigenvalue weighted by molar-refractivity contribution is 5.66. The molecule has 22 heavy (non-hydrogen) atoms. The number of rotatable bonds is 6. The highest BCUT2D eigenvalue weighted by atomic mass is 14.3. The van der Waals surface area contributed by atoms with Crippen molar-refractivity contribution in [3.05, 3.63) is 88.8 Å². The summed E-state index contributed by atoms with van der Waals surface area (Å²) in [6.45, 7) is 14.5. The van der Waals surface area contributed by atoms with Crippen molar-refractivity contribution in [2.45, 2.75) is 41.0 Å². The van der Waals surface area contributed by atoms with Crippen LogP contribution in [0.4, 0.5) is 0 Å². The monoisotopic (exact) mass is 292 g/mol. The predicted octanol–water partition coefficient (Wildman–Crippen LogP) is 6.64. The Morgan fingerprint density at radius 3 is 2.45 bits per heavy atom. The molecule has 0 bridgehead atoms. The van der Waals surface area contributed by atoms with E-state index >= 15 is 0 Å². The van der Waals surface area contributed by atoms with Crippen molar-refractivity contribution in [1.29, 1.82) is 0 Å². The molecule has 116 valence electrons. The Morgan fingerprint density at radius 1 is 1.18 bits per heavy atom. The molecular weight excluding hydrogens is 264 g/mol. The Hall–Kier alpha value is -2.04. The molecule has 0 aliphatic heterocycles. The van der Waals surface area contributed by atoms with Crippen LogP contribution in [0.3, 0.4) is 0 Å². The lowest BCUT2D eigenvalue weighted by Gasteiger charge is -2.12. The highest BCUT2D eigenvalue weighted by Gasteiger charge is 2.27. The first-order valence-corrected chi connectivity index (χ1v) is 8.07. The van der Waals surface area contributed by atoms with Gasteiger partial charge in [-0.3, -0.25) is 0 Å². The second kappa shape index (κ2) is 9.07. The Kier molecular flexibility index (Phi) is 7.43. The second-order valence-electron chi connectivity index (χ2n) is 5.38. The molecule has 0 nitrogen and oxygen atoms in total. The van der Waals surface area contributed by atoms with Gasteiger partial charge in [-0.2, -0.15) is 0 Å². The molecule has 1 aliphatic carbocycles. The molecule has 0 fully saturated rings. The van der Waals surface area contributed by atoms with Gasteiger partial charge in [0.25, 0.3) is 0 Å². The first kappa shape index (κ1) is 18.0. The maximum Gasteiger partial charge on any atom is 0.00819 e. The molecule has 0 spiro atoms. The molecule has 0 amide bonds. The maximum absolute atomic E-state index is 3.80. The topological polar surface area (TPSA) is 0 Å². The van der Waals surface area contributed by atoms with Gasteiger partial charge in [0.05, 0.1) is 0 Å². The van der Waals surface area contributed by atoms with E-state index in [-0.39, 0.29) is 0 Å². The molecule has 1 atom stereocenters. The zero-order valence-corrected chi connectivity index (χ0v) is 14.6. The van der Waals surface area contributed by atoms with Gasteiger partial charge in [0.15, 0.2) is 0 Å². The third-order valence-electron chi connectivity index (χ3n) is 3.82. The molecule has 0 saturated carbocycles. The van der Waals surface area contributed by atoms with Crippen molar-refractivity contribution in [2.24, 2.45) is 5.92 Å². The van der Waals surface area contributed by atoms with Crippen LogP contribution in [0.1, 0.15) is 41.0 Å². The standard InChI is InChI=1S/C22H28/c1-7-11-15-19-18(6)22(17(5)13-9-3)21(14-10-4)20(19)16-12-8-2/h8-12,14-16,18H,2,7H2,1,3-6H3/b14-10-,15-11-,16-12-. The van der Waals surface area contributed by atoms with Gasteiger partial charge in [-0.1, -0.05) is 63.0 Å². The lowest BCUT2D eigenvalue weighted by Crippen LogP contribution is -1.99. The molecule has 0 heteroatoms. The van der Waals surface area contributed by atoms with Gasteiger partial charge < -0.3 is 0 Å². The van der Waals surface area contributed by atoms with E-state index in [2.05, 4.69) is 70.4 Å². The van der Waals surface area contributed by atoms with E-state index in [1.54, 1.807) is 0 Å². The summed E-state index contributed by atoms with van der Waals surface area (Å²) >= 11 is 0. The zero-order valence-electron chi connectivity index (χ0n) is 14.6. The van der Waals surface area contributed by atoms with Gasteiger partial charge in [0.2, 0.25) is 0 Å². The van der Waals surface area contributed by atoms with E-state index in [9.17, 15) is 0 Å². The summed E-state index contributed by atoms with van der Waals surface area (Å²) in [7, 11) is 0. The normalized spacial score (nSPS) is 18.9. The van der Waals surface area contributed by atoms with Crippen LogP contribution in [-0.2, 0) is 0 Å². The Morgan fingerprint density at radius 2 is 1.91 bits per heavy atom. The molecule has 0 radical (unpaired) electrons. The Bertz CT molecular complexity index is 621. The minimum Gasteiger partial charge on any atom is -0.122 e. The Labute approximate surface area is 136 Å². The minimum absolute atomic E-state index is 0.380. The van der Waals surface area contributed by atoms with Crippen molar-refractivity contribution in [3.8, 4) is 0 Å². The fraction of sp³-hybridized carbons (Fsp3) is 0.318. The van der Waals surface area contributed by atoms with Gasteiger partial charge in [-0.15, -0.1) is 5.73 Å². The molecule has 0 aromatic rings. The highest BCUT2D eigenvalue weighted by Crippen LogP contribution is 2.42. The van der Waals surface area contributed by atoms with Crippen LogP contribution in [0, 0.1) is 5.92 Å². The van der Waals surface area contributed by atoms with Crippen LogP contribution < -0.4 is 0 Å². The van der Waals surface area contributed by atoms with E-state index in [1.165, 1.54) is 27.9 Å². The van der Waals surface area contributed by atoms with E-state index < -0.39 is 0 Å². The molecule has 0 aromatic carbocycles. The van der Waals surface area contributed by atoms with E-state index in [0.29, 0.717) is 5.92 Å². The van der Waals surface area contributed by atoms with E-state index in [1.807, 2.05) is 25.2 Å². The fourth-order valence-corrected chi connectivity index (χ4v) is 2.92. The fourth-order valence-electron chi connectivity index (χ4n) is 2.92. The van der Waals surface area contributed by atoms with Gasteiger partial charge in [-0.05, 0) is 61.1 Å². The summed E-state index contributed by atoms with van der Waals surface area (Å²) < 4.78 is 0. The van der Waals surface area contributed by atoms with Crippen LogP contribution in [-0.4, -0.2) is 0 Å². The maximum atomic E-state index is 3.80. The largest absolute Gasteiger partial charge is 0.122 e. The molecule has 1 unspecified atom stereocenters. The lowest BCUT2D eigenvalue weighted by molar-refractivity contribution is 0.847. The molecule has 0 N–H and O–H groups in total.